The van der Waals surface area contributed by atoms with Crippen LogP contribution in [0.3, 0.4) is 0 Å². The normalized spacial score (nSPS) is 10.7. The third-order valence-corrected chi connectivity index (χ3v) is 5.89. The third kappa shape index (κ3) is 4.23. The summed E-state index contributed by atoms with van der Waals surface area (Å²) in [7, 11) is 0. The van der Waals surface area contributed by atoms with Gasteiger partial charge in [-0.1, -0.05) is 29.8 Å². The van der Waals surface area contributed by atoms with Crippen molar-refractivity contribution in [3.05, 3.63) is 56.6 Å². The summed E-state index contributed by atoms with van der Waals surface area (Å²) in [6.45, 7) is 5.95. The molecule has 2 aromatic heterocycles. The highest BCUT2D eigenvalue weighted by Gasteiger charge is 2.25. The highest BCUT2D eigenvalue weighted by molar-refractivity contribution is 7.17. The van der Waals surface area contributed by atoms with Gasteiger partial charge in [0.1, 0.15) is 17.1 Å². The molecular weight excluding hydrogens is 394 g/mol. The van der Waals surface area contributed by atoms with Crippen LogP contribution in [-0.2, 0) is 16.1 Å². The van der Waals surface area contributed by atoms with Gasteiger partial charge in [-0.3, -0.25) is 10.2 Å². The van der Waals surface area contributed by atoms with Crippen LogP contribution in [0.4, 0.5) is 5.00 Å². The SMILES string of the molecule is CCOC(=O)c1c(NC(=O)Cn2ccsc2=N)sc(C)c1-c1ccc(C)cc1. The molecule has 2 N–H and O–H groups in total. The Morgan fingerprint density at radius 3 is 2.54 bits per heavy atom. The second-order valence-electron chi connectivity index (χ2n) is 6.21. The van der Waals surface area contributed by atoms with Crippen molar-refractivity contribution in [2.24, 2.45) is 0 Å². The average molecular weight is 416 g/mol. The topological polar surface area (TPSA) is 84.2 Å². The summed E-state index contributed by atoms with van der Waals surface area (Å²) in [5, 5.41) is 12.8. The number of thiophene rings is 1. The average Bonchev–Trinajstić information content (AvgIpc) is 3.19. The molecule has 0 aliphatic rings. The van der Waals surface area contributed by atoms with E-state index in [1.54, 1.807) is 23.1 Å². The van der Waals surface area contributed by atoms with Crippen LogP contribution in [0.5, 0.6) is 0 Å². The largest absolute Gasteiger partial charge is 0.462 e. The lowest BCUT2D eigenvalue weighted by atomic mass is 10.0. The minimum absolute atomic E-state index is 0.0153. The minimum Gasteiger partial charge on any atom is -0.462 e. The molecule has 3 aromatic rings. The molecule has 0 bridgehead atoms. The van der Waals surface area contributed by atoms with Crippen LogP contribution >= 0.6 is 22.7 Å². The fourth-order valence-electron chi connectivity index (χ4n) is 2.85. The van der Waals surface area contributed by atoms with Gasteiger partial charge in [0.15, 0.2) is 4.80 Å². The van der Waals surface area contributed by atoms with Crippen molar-refractivity contribution in [1.82, 2.24) is 4.57 Å². The summed E-state index contributed by atoms with van der Waals surface area (Å²) in [6, 6.07) is 7.91. The van der Waals surface area contributed by atoms with Crippen molar-refractivity contribution in [3.8, 4) is 11.1 Å². The van der Waals surface area contributed by atoms with Crippen molar-refractivity contribution in [3.63, 3.8) is 0 Å². The van der Waals surface area contributed by atoms with Gasteiger partial charge in [0.05, 0.1) is 6.61 Å². The van der Waals surface area contributed by atoms with E-state index in [9.17, 15) is 9.59 Å². The molecule has 0 radical (unpaired) electrons. The first-order valence-corrected chi connectivity index (χ1v) is 10.5. The molecule has 1 aromatic carbocycles. The Hall–Kier alpha value is -2.71. The predicted molar refractivity (Wildman–Crippen MR) is 112 cm³/mol. The fraction of sp³-hybridized carbons (Fsp3) is 0.250. The van der Waals surface area contributed by atoms with Gasteiger partial charge in [0.2, 0.25) is 5.91 Å². The molecule has 0 unspecified atom stereocenters. The van der Waals surface area contributed by atoms with E-state index >= 15 is 0 Å². The van der Waals surface area contributed by atoms with Crippen molar-refractivity contribution in [1.29, 1.82) is 5.41 Å². The molecule has 8 heteroatoms. The number of carbonyl (C=O) groups is 2. The summed E-state index contributed by atoms with van der Waals surface area (Å²) in [5.41, 5.74) is 3.19. The number of hydrogen-bond acceptors (Lipinski definition) is 6. The quantitative estimate of drug-likeness (QED) is 0.592. The predicted octanol–water partition coefficient (Wildman–Crippen LogP) is 4.19. The smallest absolute Gasteiger partial charge is 0.341 e. The summed E-state index contributed by atoms with van der Waals surface area (Å²) >= 11 is 2.60. The lowest BCUT2D eigenvalue weighted by molar-refractivity contribution is -0.116. The van der Waals surface area contributed by atoms with Crippen molar-refractivity contribution < 1.29 is 14.3 Å². The number of esters is 1. The summed E-state index contributed by atoms with van der Waals surface area (Å²) in [5.74, 6) is -0.749. The van der Waals surface area contributed by atoms with Gasteiger partial charge in [-0.15, -0.1) is 22.7 Å². The number of nitrogens with one attached hydrogen (secondary N) is 2. The standard InChI is InChI=1S/C20H21N3O3S2/c1-4-26-19(25)17-16(14-7-5-12(2)6-8-14)13(3)28-18(17)22-15(24)11-23-9-10-27-20(23)21/h5-10,21H,4,11H2,1-3H3,(H,22,24). The Kier molecular flexibility index (Phi) is 6.11. The highest BCUT2D eigenvalue weighted by atomic mass is 32.1. The number of thiazole rings is 1. The van der Waals surface area contributed by atoms with Crippen LogP contribution in [0.1, 0.15) is 27.7 Å². The van der Waals surface area contributed by atoms with Gasteiger partial charge in [-0.2, -0.15) is 0 Å². The number of benzene rings is 1. The Balaban J connectivity index is 1.98. The number of amides is 1. The minimum atomic E-state index is -0.456. The molecule has 6 nitrogen and oxygen atoms in total. The zero-order valence-electron chi connectivity index (χ0n) is 15.9. The maximum absolute atomic E-state index is 12.7. The van der Waals surface area contributed by atoms with E-state index in [0.717, 1.165) is 21.6 Å². The molecule has 2 heterocycles. The Labute approximate surface area is 170 Å². The van der Waals surface area contributed by atoms with E-state index < -0.39 is 5.97 Å². The monoisotopic (exact) mass is 415 g/mol. The van der Waals surface area contributed by atoms with Crippen LogP contribution in [0.2, 0.25) is 0 Å². The van der Waals surface area contributed by atoms with Gasteiger partial charge in [0.25, 0.3) is 0 Å². The van der Waals surface area contributed by atoms with Gasteiger partial charge in [-0.25, -0.2) is 4.79 Å². The van der Waals surface area contributed by atoms with Gasteiger partial charge in [0, 0.05) is 22.0 Å². The fourth-order valence-corrected chi connectivity index (χ4v) is 4.53. The molecular formula is C20H21N3O3S2. The van der Waals surface area contributed by atoms with Crippen LogP contribution in [0, 0.1) is 19.3 Å². The second-order valence-corrected chi connectivity index (χ2v) is 8.33. The summed E-state index contributed by atoms with van der Waals surface area (Å²) < 4.78 is 6.80. The number of anilines is 1. The van der Waals surface area contributed by atoms with E-state index in [1.165, 1.54) is 22.7 Å². The number of nitrogens with zero attached hydrogens (tertiary/aromatic N) is 1. The molecule has 0 saturated heterocycles. The molecule has 0 spiro atoms. The second kappa shape index (κ2) is 8.53. The molecule has 0 aliphatic heterocycles. The van der Waals surface area contributed by atoms with Crippen LogP contribution in [0.25, 0.3) is 11.1 Å². The van der Waals surface area contributed by atoms with Gasteiger partial charge in [-0.05, 0) is 26.3 Å². The van der Waals surface area contributed by atoms with Crippen molar-refractivity contribution >= 4 is 39.6 Å². The zero-order chi connectivity index (χ0) is 20.3. The summed E-state index contributed by atoms with van der Waals surface area (Å²) in [6.07, 6.45) is 1.69. The number of hydrogen-bond donors (Lipinski definition) is 2. The van der Waals surface area contributed by atoms with E-state index in [-0.39, 0.29) is 19.1 Å². The molecule has 146 valence electrons. The van der Waals surface area contributed by atoms with E-state index in [2.05, 4.69) is 5.32 Å². The zero-order valence-corrected chi connectivity index (χ0v) is 17.5. The first-order chi connectivity index (χ1) is 13.4. The Bertz CT molecular complexity index is 1060. The Morgan fingerprint density at radius 1 is 1.21 bits per heavy atom. The molecule has 0 aliphatic carbocycles. The Morgan fingerprint density at radius 2 is 1.93 bits per heavy atom. The first-order valence-electron chi connectivity index (χ1n) is 8.76. The number of aryl methyl sites for hydroxylation is 2. The maximum atomic E-state index is 12.7. The number of aromatic nitrogens is 1. The lowest BCUT2D eigenvalue weighted by Gasteiger charge is -2.10. The first kappa shape index (κ1) is 20.0. The summed E-state index contributed by atoms with van der Waals surface area (Å²) in [4.78, 5) is 26.4. The van der Waals surface area contributed by atoms with E-state index in [0.29, 0.717) is 15.4 Å². The molecule has 28 heavy (non-hydrogen) atoms. The van der Waals surface area contributed by atoms with Crippen LogP contribution < -0.4 is 10.1 Å². The van der Waals surface area contributed by atoms with E-state index in [4.69, 9.17) is 10.1 Å². The molecule has 3 rings (SSSR count). The van der Waals surface area contributed by atoms with Crippen LogP contribution in [-0.4, -0.2) is 23.1 Å². The molecule has 0 fully saturated rings. The van der Waals surface area contributed by atoms with E-state index in [1.807, 2.05) is 38.1 Å². The molecule has 0 atom stereocenters. The van der Waals surface area contributed by atoms with Gasteiger partial charge >= 0.3 is 5.97 Å². The third-order valence-electron chi connectivity index (χ3n) is 4.15. The molecule has 0 saturated carbocycles. The van der Waals surface area contributed by atoms with Gasteiger partial charge < -0.3 is 14.6 Å². The van der Waals surface area contributed by atoms with Crippen molar-refractivity contribution in [2.75, 3.05) is 11.9 Å². The number of rotatable bonds is 6. The highest BCUT2D eigenvalue weighted by Crippen LogP contribution is 2.40. The van der Waals surface area contributed by atoms with Crippen LogP contribution in [0.15, 0.2) is 35.8 Å². The molecule has 1 amide bonds. The lowest BCUT2D eigenvalue weighted by Crippen LogP contribution is -2.24. The maximum Gasteiger partial charge on any atom is 0.341 e. The van der Waals surface area contributed by atoms with Crippen molar-refractivity contribution in [2.45, 2.75) is 27.3 Å². The number of ether oxygens (including phenoxy) is 1. The number of carbonyl (C=O) groups excluding carboxylic acids is 2.